The number of hydrogen-bond donors (Lipinski definition) is 0. The van der Waals surface area contributed by atoms with Crippen LogP contribution in [0.25, 0.3) is 0 Å². The molecule has 0 aromatic heterocycles. The third-order valence-corrected chi connectivity index (χ3v) is 1.64. The van der Waals surface area contributed by atoms with Gasteiger partial charge in [-0.1, -0.05) is 0 Å². The zero-order valence-electron chi connectivity index (χ0n) is 7.59. The van der Waals surface area contributed by atoms with Crippen LogP contribution in [0.1, 0.15) is 19.8 Å². The van der Waals surface area contributed by atoms with E-state index in [9.17, 15) is 8.78 Å². The van der Waals surface area contributed by atoms with Gasteiger partial charge >= 0.3 is 0 Å². The molecule has 0 aromatic rings. The maximum Gasteiger partial charge on any atom is 0.271 e. The van der Waals surface area contributed by atoms with Gasteiger partial charge in [0.05, 0.1) is 6.61 Å². The largest absolute Gasteiger partial charge is 0.379 e. The molecule has 0 bridgehead atoms. The molecule has 0 saturated carbocycles. The van der Waals surface area contributed by atoms with Crippen molar-refractivity contribution in [1.82, 2.24) is 0 Å². The summed E-state index contributed by atoms with van der Waals surface area (Å²) in [5.74, 6) is -2.84. The number of rotatable bonds is 4. The van der Waals surface area contributed by atoms with Gasteiger partial charge in [-0.15, -0.1) is 0 Å². The molecule has 0 spiro atoms. The van der Waals surface area contributed by atoms with E-state index >= 15 is 0 Å². The second kappa shape index (κ2) is 4.83. The summed E-state index contributed by atoms with van der Waals surface area (Å²) in [5.41, 5.74) is 0. The molecule has 1 atom stereocenters. The summed E-state index contributed by atoms with van der Waals surface area (Å²) in [6.07, 6.45) is 1.49. The molecule has 1 rings (SSSR count). The van der Waals surface area contributed by atoms with Gasteiger partial charge in [0.2, 0.25) is 0 Å². The lowest BCUT2D eigenvalue weighted by molar-refractivity contribution is -0.355. The Morgan fingerprint density at radius 2 is 2.31 bits per heavy atom. The van der Waals surface area contributed by atoms with Crippen molar-refractivity contribution in [3.05, 3.63) is 0 Å². The maximum atomic E-state index is 12.2. The van der Waals surface area contributed by atoms with E-state index in [1.807, 2.05) is 0 Å². The highest BCUT2D eigenvalue weighted by atomic mass is 19.3. The minimum absolute atomic E-state index is 0.198. The molecule has 1 unspecified atom stereocenters. The molecule has 3 nitrogen and oxygen atoms in total. The Hall–Kier alpha value is -0.260. The second-order valence-electron chi connectivity index (χ2n) is 3.27. The smallest absolute Gasteiger partial charge is 0.271 e. The van der Waals surface area contributed by atoms with Crippen molar-refractivity contribution in [2.45, 2.75) is 31.8 Å². The van der Waals surface area contributed by atoms with E-state index < -0.39 is 12.5 Å². The summed E-state index contributed by atoms with van der Waals surface area (Å²) >= 11 is 0. The number of alkyl halides is 2. The van der Waals surface area contributed by atoms with Crippen molar-refractivity contribution in [3.8, 4) is 0 Å². The van der Waals surface area contributed by atoms with Crippen LogP contribution in [0.4, 0.5) is 8.78 Å². The van der Waals surface area contributed by atoms with Crippen molar-refractivity contribution in [2.75, 3.05) is 19.8 Å². The Kier molecular flexibility index (Phi) is 4.02. The van der Waals surface area contributed by atoms with Crippen molar-refractivity contribution < 1.29 is 23.3 Å². The summed E-state index contributed by atoms with van der Waals surface area (Å²) < 4.78 is 29.6. The third-order valence-electron chi connectivity index (χ3n) is 1.64. The molecule has 1 saturated heterocycles. The van der Waals surface area contributed by atoms with Crippen molar-refractivity contribution in [3.63, 3.8) is 0 Å². The number of hydrogen-bond acceptors (Lipinski definition) is 3. The van der Waals surface area contributed by atoms with Crippen LogP contribution >= 0.6 is 0 Å². The van der Waals surface area contributed by atoms with Gasteiger partial charge in [-0.2, -0.15) is 0 Å². The lowest BCUT2D eigenvalue weighted by Gasteiger charge is -2.21. The zero-order chi connectivity index (χ0) is 9.73. The van der Waals surface area contributed by atoms with E-state index in [-0.39, 0.29) is 6.10 Å². The molecule has 1 aliphatic heterocycles. The molecule has 0 aliphatic carbocycles. The highest BCUT2D eigenvalue weighted by molar-refractivity contribution is 4.60. The quantitative estimate of drug-likeness (QED) is 0.506. The molecule has 1 fully saturated rings. The molecule has 5 heteroatoms. The Morgan fingerprint density at radius 3 is 2.85 bits per heavy atom. The molecule has 1 aliphatic rings. The van der Waals surface area contributed by atoms with Crippen LogP contribution in [0, 0.1) is 0 Å². The van der Waals surface area contributed by atoms with Crippen LogP contribution in [0.3, 0.4) is 0 Å². The Balaban J connectivity index is 2.04. The Labute approximate surface area is 75.9 Å². The predicted octanol–water partition coefficient (Wildman–Crippen LogP) is 1.77. The van der Waals surface area contributed by atoms with Gasteiger partial charge in [0.1, 0.15) is 12.7 Å². The number of ether oxygens (including phenoxy) is 1. The second-order valence-corrected chi connectivity index (χ2v) is 3.27. The molecule has 0 amide bonds. The minimum atomic E-state index is -2.84. The molecular weight excluding hydrogens is 182 g/mol. The van der Waals surface area contributed by atoms with E-state index in [1.54, 1.807) is 0 Å². The first-order chi connectivity index (χ1) is 6.08. The van der Waals surface area contributed by atoms with E-state index in [0.717, 1.165) is 19.8 Å². The van der Waals surface area contributed by atoms with Gasteiger partial charge in [0.25, 0.3) is 5.92 Å². The minimum Gasteiger partial charge on any atom is -0.379 e. The van der Waals surface area contributed by atoms with Gasteiger partial charge in [0, 0.05) is 13.5 Å². The summed E-state index contributed by atoms with van der Waals surface area (Å²) in [6.45, 7) is 1.22. The normalized spacial score (nSPS) is 24.7. The average Bonchev–Trinajstić information content (AvgIpc) is 2.04. The summed E-state index contributed by atoms with van der Waals surface area (Å²) in [4.78, 5) is 9.16. The van der Waals surface area contributed by atoms with Crippen LogP contribution in [-0.2, 0) is 14.5 Å². The van der Waals surface area contributed by atoms with Gasteiger partial charge < -0.3 is 4.74 Å². The van der Waals surface area contributed by atoms with E-state index in [2.05, 4.69) is 4.89 Å². The first-order valence-corrected chi connectivity index (χ1v) is 4.32. The fourth-order valence-corrected chi connectivity index (χ4v) is 1.02. The average molecular weight is 196 g/mol. The summed E-state index contributed by atoms with van der Waals surface area (Å²) in [6, 6.07) is 0. The maximum absolute atomic E-state index is 12.2. The third kappa shape index (κ3) is 5.13. The lowest BCUT2D eigenvalue weighted by Crippen LogP contribution is -2.28. The van der Waals surface area contributed by atoms with Gasteiger partial charge in [0.15, 0.2) is 0 Å². The fraction of sp³-hybridized carbons (Fsp3) is 1.00. The molecular formula is C8H14F2O3. The molecule has 13 heavy (non-hydrogen) atoms. The van der Waals surface area contributed by atoms with Crippen LogP contribution in [0.2, 0.25) is 0 Å². The van der Waals surface area contributed by atoms with Crippen LogP contribution in [0.5, 0.6) is 0 Å². The molecule has 0 N–H and O–H groups in total. The van der Waals surface area contributed by atoms with Crippen molar-refractivity contribution >= 4 is 0 Å². The van der Waals surface area contributed by atoms with E-state index in [0.29, 0.717) is 13.2 Å². The zero-order valence-corrected chi connectivity index (χ0v) is 7.59. The first kappa shape index (κ1) is 10.8. The standard InChI is InChI=1S/C8H14F2O3/c1-8(9,10)6-12-13-7-3-2-4-11-5-7/h7H,2-6H2,1H3. The fourth-order valence-electron chi connectivity index (χ4n) is 1.02. The van der Waals surface area contributed by atoms with Gasteiger partial charge in [-0.05, 0) is 12.8 Å². The van der Waals surface area contributed by atoms with Crippen LogP contribution < -0.4 is 0 Å². The molecule has 0 radical (unpaired) electrons. The summed E-state index contributed by atoms with van der Waals surface area (Å²) in [7, 11) is 0. The van der Waals surface area contributed by atoms with Crippen molar-refractivity contribution in [1.29, 1.82) is 0 Å². The highest BCUT2D eigenvalue weighted by Crippen LogP contribution is 2.14. The van der Waals surface area contributed by atoms with Gasteiger partial charge in [-0.25, -0.2) is 18.6 Å². The molecule has 1 heterocycles. The van der Waals surface area contributed by atoms with Crippen molar-refractivity contribution in [2.24, 2.45) is 0 Å². The Bertz CT molecular complexity index is 141. The topological polar surface area (TPSA) is 27.7 Å². The predicted molar refractivity (Wildman–Crippen MR) is 41.5 cm³/mol. The molecule has 78 valence electrons. The summed E-state index contributed by atoms with van der Waals surface area (Å²) in [5, 5.41) is 0. The monoisotopic (exact) mass is 196 g/mol. The van der Waals surface area contributed by atoms with Crippen LogP contribution in [-0.4, -0.2) is 31.8 Å². The first-order valence-electron chi connectivity index (χ1n) is 4.32. The van der Waals surface area contributed by atoms with Crippen LogP contribution in [0.15, 0.2) is 0 Å². The molecule has 0 aromatic carbocycles. The highest BCUT2D eigenvalue weighted by Gasteiger charge is 2.23. The Morgan fingerprint density at radius 1 is 1.54 bits per heavy atom. The van der Waals surface area contributed by atoms with Gasteiger partial charge in [-0.3, -0.25) is 0 Å². The lowest BCUT2D eigenvalue weighted by atomic mass is 10.2. The van der Waals surface area contributed by atoms with E-state index in [4.69, 9.17) is 9.62 Å². The SMILES string of the molecule is CC(F)(F)COOC1CCCOC1. The number of halogens is 2. The van der Waals surface area contributed by atoms with E-state index in [1.165, 1.54) is 0 Å².